The van der Waals surface area contributed by atoms with Gasteiger partial charge in [0.05, 0.1) is 6.61 Å². The Bertz CT molecular complexity index is 710. The molecule has 134 valence electrons. The number of nitrogens with one attached hydrogen (secondary N) is 1. The molecule has 0 unspecified atom stereocenters. The summed E-state index contributed by atoms with van der Waals surface area (Å²) in [7, 11) is 0. The van der Waals surface area contributed by atoms with Gasteiger partial charge < -0.3 is 19.5 Å². The fraction of sp³-hybridized carbons (Fsp3) is 0.368. The average Bonchev–Trinajstić information content (AvgIpc) is 3.09. The molecule has 2 aliphatic heterocycles. The fourth-order valence-electron chi connectivity index (χ4n) is 3.42. The quantitative estimate of drug-likeness (QED) is 0.707. The number of hydrogen-bond acceptors (Lipinski definition) is 4. The first-order valence-corrected chi connectivity index (χ1v) is 8.28. The molecule has 1 saturated heterocycles. The van der Waals surface area contributed by atoms with Crippen LogP contribution in [0.4, 0.5) is 4.39 Å². The molecule has 0 spiro atoms. The molecule has 2 heterocycles. The second kappa shape index (κ2) is 8.23. The minimum Gasteiger partial charge on any atom is -0.493 e. The Labute approximate surface area is 163 Å². The maximum Gasteiger partial charge on any atom is 0.231 e. The highest BCUT2D eigenvalue weighted by Gasteiger charge is 2.27. The standard InChI is InChI=1S/C19H20FNO3.HI/c20-15-3-1-13(2-4-15)17-7-8-21-10-14(17)11-22-16-5-6-18-19(9-16)24-12-23-18;/h1-6,9,14,17,21H,7-8,10-12H2;1H/t14-,17-;/m0./s1. The van der Waals surface area contributed by atoms with Gasteiger partial charge in [0, 0.05) is 18.5 Å². The Morgan fingerprint density at radius 1 is 1.08 bits per heavy atom. The number of hydrogen-bond donors (Lipinski definition) is 1. The minimum absolute atomic E-state index is 0. The SMILES string of the molecule is Fc1ccc([C@@H]2CCNC[C@H]2COc2ccc3c(c2)OCO3)cc1.I. The van der Waals surface area contributed by atoms with Gasteiger partial charge in [0.15, 0.2) is 11.5 Å². The lowest BCUT2D eigenvalue weighted by molar-refractivity contribution is 0.173. The highest BCUT2D eigenvalue weighted by Crippen LogP contribution is 2.36. The van der Waals surface area contributed by atoms with Gasteiger partial charge in [0.1, 0.15) is 11.6 Å². The Morgan fingerprint density at radius 2 is 1.88 bits per heavy atom. The highest BCUT2D eigenvalue weighted by atomic mass is 127. The van der Waals surface area contributed by atoms with Crippen molar-refractivity contribution in [2.45, 2.75) is 12.3 Å². The average molecular weight is 457 g/mol. The summed E-state index contributed by atoms with van der Waals surface area (Å²) in [6.07, 6.45) is 1.03. The van der Waals surface area contributed by atoms with E-state index in [2.05, 4.69) is 5.32 Å². The van der Waals surface area contributed by atoms with Crippen LogP contribution in [0.1, 0.15) is 17.9 Å². The number of piperidine rings is 1. The summed E-state index contributed by atoms with van der Waals surface area (Å²) in [5.41, 5.74) is 1.18. The van der Waals surface area contributed by atoms with Crippen LogP contribution in [0.5, 0.6) is 17.2 Å². The predicted octanol–water partition coefficient (Wildman–Crippen LogP) is 3.94. The lowest BCUT2D eigenvalue weighted by Crippen LogP contribution is -2.38. The van der Waals surface area contributed by atoms with Crippen molar-refractivity contribution in [3.8, 4) is 17.2 Å². The molecule has 2 aromatic rings. The first kappa shape index (κ1) is 18.3. The predicted molar refractivity (Wildman–Crippen MR) is 104 cm³/mol. The lowest BCUT2D eigenvalue weighted by Gasteiger charge is -2.32. The zero-order chi connectivity index (χ0) is 16.4. The smallest absolute Gasteiger partial charge is 0.231 e. The maximum atomic E-state index is 13.2. The molecule has 0 amide bonds. The van der Waals surface area contributed by atoms with Gasteiger partial charge in [-0.05, 0) is 48.7 Å². The van der Waals surface area contributed by atoms with Crippen molar-refractivity contribution in [1.82, 2.24) is 5.32 Å². The van der Waals surface area contributed by atoms with E-state index in [1.165, 1.54) is 17.7 Å². The number of benzene rings is 2. The van der Waals surface area contributed by atoms with Crippen molar-refractivity contribution in [3.63, 3.8) is 0 Å². The molecular weight excluding hydrogens is 436 g/mol. The molecule has 2 aromatic carbocycles. The van der Waals surface area contributed by atoms with Crippen LogP contribution >= 0.6 is 24.0 Å². The van der Waals surface area contributed by atoms with Crippen molar-refractivity contribution in [2.24, 2.45) is 5.92 Å². The summed E-state index contributed by atoms with van der Waals surface area (Å²) < 4.78 is 29.9. The van der Waals surface area contributed by atoms with Gasteiger partial charge >= 0.3 is 0 Å². The molecule has 0 bridgehead atoms. The zero-order valence-electron chi connectivity index (χ0n) is 13.7. The molecule has 4 rings (SSSR count). The van der Waals surface area contributed by atoms with Crippen molar-refractivity contribution >= 4 is 24.0 Å². The van der Waals surface area contributed by atoms with Gasteiger partial charge in [-0.15, -0.1) is 24.0 Å². The second-order valence-electron chi connectivity index (χ2n) is 6.24. The highest BCUT2D eigenvalue weighted by molar-refractivity contribution is 14.0. The van der Waals surface area contributed by atoms with Crippen LogP contribution in [0.15, 0.2) is 42.5 Å². The molecule has 2 atom stereocenters. The molecule has 0 aliphatic carbocycles. The van der Waals surface area contributed by atoms with E-state index in [-0.39, 0.29) is 36.6 Å². The summed E-state index contributed by atoms with van der Waals surface area (Å²) in [6, 6.07) is 12.5. The Balaban J connectivity index is 0.00000182. The molecule has 1 fully saturated rings. The number of ether oxygens (including phenoxy) is 3. The van der Waals surface area contributed by atoms with Crippen molar-refractivity contribution in [3.05, 3.63) is 53.8 Å². The maximum absolute atomic E-state index is 13.2. The summed E-state index contributed by atoms with van der Waals surface area (Å²) in [5, 5.41) is 3.43. The van der Waals surface area contributed by atoms with Crippen LogP contribution in [0.2, 0.25) is 0 Å². The van der Waals surface area contributed by atoms with Crippen LogP contribution in [0, 0.1) is 11.7 Å². The Morgan fingerprint density at radius 3 is 2.72 bits per heavy atom. The van der Waals surface area contributed by atoms with Gasteiger partial charge in [0.25, 0.3) is 0 Å². The van der Waals surface area contributed by atoms with E-state index in [9.17, 15) is 4.39 Å². The van der Waals surface area contributed by atoms with E-state index >= 15 is 0 Å². The summed E-state index contributed by atoms with van der Waals surface area (Å²) >= 11 is 0. The molecule has 0 aromatic heterocycles. The van der Waals surface area contributed by atoms with Crippen molar-refractivity contribution in [2.75, 3.05) is 26.5 Å². The molecule has 25 heavy (non-hydrogen) atoms. The van der Waals surface area contributed by atoms with E-state index in [0.717, 1.165) is 36.8 Å². The van der Waals surface area contributed by atoms with E-state index < -0.39 is 0 Å². The van der Waals surface area contributed by atoms with Gasteiger partial charge in [-0.25, -0.2) is 4.39 Å². The van der Waals surface area contributed by atoms with Crippen LogP contribution < -0.4 is 19.5 Å². The van der Waals surface area contributed by atoms with Crippen LogP contribution in [-0.4, -0.2) is 26.5 Å². The monoisotopic (exact) mass is 457 g/mol. The number of halogens is 2. The van der Waals surface area contributed by atoms with Gasteiger partial charge in [-0.1, -0.05) is 12.1 Å². The van der Waals surface area contributed by atoms with Crippen LogP contribution in [-0.2, 0) is 0 Å². The summed E-state index contributed by atoms with van der Waals surface area (Å²) in [6.45, 7) is 2.74. The number of fused-ring (bicyclic) bond motifs is 1. The first-order chi connectivity index (χ1) is 11.8. The molecule has 0 saturated carbocycles. The summed E-state index contributed by atoms with van der Waals surface area (Å²) in [4.78, 5) is 0. The van der Waals surface area contributed by atoms with Crippen molar-refractivity contribution in [1.29, 1.82) is 0 Å². The molecule has 6 heteroatoms. The van der Waals surface area contributed by atoms with E-state index in [1.807, 2.05) is 30.3 Å². The molecule has 1 N–H and O–H groups in total. The molecule has 2 aliphatic rings. The topological polar surface area (TPSA) is 39.7 Å². The van der Waals surface area contributed by atoms with Gasteiger partial charge in [-0.3, -0.25) is 0 Å². The molecule has 4 nitrogen and oxygen atoms in total. The first-order valence-electron chi connectivity index (χ1n) is 8.28. The van der Waals surface area contributed by atoms with Crippen LogP contribution in [0.25, 0.3) is 0 Å². The van der Waals surface area contributed by atoms with Gasteiger partial charge in [-0.2, -0.15) is 0 Å². The Kier molecular flexibility index (Phi) is 6.01. The normalized spacial score (nSPS) is 21.5. The molecule has 0 radical (unpaired) electrons. The Hall–Kier alpha value is -1.54. The minimum atomic E-state index is -0.194. The zero-order valence-corrected chi connectivity index (χ0v) is 16.1. The van der Waals surface area contributed by atoms with E-state index in [1.54, 1.807) is 0 Å². The summed E-state index contributed by atoms with van der Waals surface area (Å²) in [5.74, 6) is 2.79. The van der Waals surface area contributed by atoms with Crippen molar-refractivity contribution < 1.29 is 18.6 Å². The van der Waals surface area contributed by atoms with E-state index in [0.29, 0.717) is 18.4 Å². The third kappa shape index (κ3) is 4.17. The second-order valence-corrected chi connectivity index (χ2v) is 6.24. The fourth-order valence-corrected chi connectivity index (χ4v) is 3.42. The largest absolute Gasteiger partial charge is 0.493 e. The van der Waals surface area contributed by atoms with Crippen LogP contribution in [0.3, 0.4) is 0 Å². The molecular formula is C19H21FINO3. The third-order valence-corrected chi connectivity index (χ3v) is 4.71. The van der Waals surface area contributed by atoms with E-state index in [4.69, 9.17) is 14.2 Å². The number of rotatable bonds is 4. The van der Waals surface area contributed by atoms with Gasteiger partial charge in [0.2, 0.25) is 6.79 Å². The third-order valence-electron chi connectivity index (χ3n) is 4.71. The lowest BCUT2D eigenvalue weighted by atomic mass is 9.81.